The van der Waals surface area contributed by atoms with Crippen molar-refractivity contribution < 1.29 is 4.79 Å². The van der Waals surface area contributed by atoms with Gasteiger partial charge in [-0.15, -0.1) is 0 Å². The molecule has 2 nitrogen and oxygen atoms in total. The van der Waals surface area contributed by atoms with Crippen LogP contribution in [0.1, 0.15) is 49.9 Å². The molecule has 0 N–H and O–H groups in total. The summed E-state index contributed by atoms with van der Waals surface area (Å²) in [5.74, 6) is 1.08. The van der Waals surface area contributed by atoms with E-state index in [1.165, 1.54) is 34.8 Å². The van der Waals surface area contributed by atoms with E-state index in [4.69, 9.17) is 0 Å². The third kappa shape index (κ3) is 3.03. The molecule has 3 heteroatoms. The van der Waals surface area contributed by atoms with Crippen molar-refractivity contribution >= 4 is 39.3 Å². The van der Waals surface area contributed by atoms with Crippen LogP contribution in [0.25, 0.3) is 10.9 Å². The Kier molecular flexibility index (Phi) is 4.38. The number of benzene rings is 1. The van der Waals surface area contributed by atoms with Gasteiger partial charge in [-0.1, -0.05) is 32.8 Å². The van der Waals surface area contributed by atoms with Gasteiger partial charge >= 0.3 is 0 Å². The summed E-state index contributed by atoms with van der Waals surface area (Å²) in [5, 5.41) is 1.12. The maximum atomic E-state index is 12.5. The lowest BCUT2D eigenvalue weighted by Crippen LogP contribution is -2.08. The summed E-state index contributed by atoms with van der Waals surface area (Å²) < 4.78 is 3.55. The number of rotatable bonds is 4. The van der Waals surface area contributed by atoms with Crippen LogP contribution in [-0.2, 0) is 6.54 Å². The minimum Gasteiger partial charge on any atom is -0.346 e. The van der Waals surface area contributed by atoms with Gasteiger partial charge in [0.25, 0.3) is 0 Å². The van der Waals surface area contributed by atoms with E-state index in [0.29, 0.717) is 0 Å². The van der Waals surface area contributed by atoms with E-state index in [2.05, 4.69) is 51.6 Å². The van der Waals surface area contributed by atoms with Gasteiger partial charge in [-0.05, 0) is 53.5 Å². The van der Waals surface area contributed by atoms with Gasteiger partial charge in [0, 0.05) is 38.7 Å². The number of nitrogens with zero attached hydrogens (tertiary/aromatic N) is 1. The number of halogens is 1. The van der Waals surface area contributed by atoms with Crippen LogP contribution in [0.2, 0.25) is 0 Å². The Morgan fingerprint density at radius 1 is 1.33 bits per heavy atom. The standard InChI is InChI=1S/C18H22INO/c1-12(2)18(21)16-11-20(10-13-5-3-4-6-13)17-9-14(19)7-8-15(16)17/h7-9,11-13H,3-6,10H2,1-2H3. The van der Waals surface area contributed by atoms with Gasteiger partial charge in [0.1, 0.15) is 0 Å². The van der Waals surface area contributed by atoms with Crippen molar-refractivity contribution in [2.75, 3.05) is 0 Å². The number of carbonyl (C=O) groups excluding carboxylic acids is 1. The fraction of sp³-hybridized carbons (Fsp3) is 0.500. The molecule has 1 aliphatic rings. The maximum absolute atomic E-state index is 12.5. The molecule has 0 unspecified atom stereocenters. The van der Waals surface area contributed by atoms with E-state index < -0.39 is 0 Å². The molecular formula is C18H22INO. The molecule has 1 fully saturated rings. The number of fused-ring (bicyclic) bond motifs is 1. The SMILES string of the molecule is CC(C)C(=O)c1cn(CC2CCCC2)c2cc(I)ccc12. The first-order valence-electron chi connectivity index (χ1n) is 7.89. The van der Waals surface area contributed by atoms with E-state index in [1.807, 2.05) is 13.8 Å². The quantitative estimate of drug-likeness (QED) is 0.510. The fourth-order valence-electron chi connectivity index (χ4n) is 3.39. The third-order valence-corrected chi connectivity index (χ3v) is 5.23. The van der Waals surface area contributed by atoms with Crippen LogP contribution >= 0.6 is 22.6 Å². The molecule has 0 atom stereocenters. The normalized spacial score (nSPS) is 16.2. The Hall–Kier alpha value is -0.840. The summed E-state index contributed by atoms with van der Waals surface area (Å²) in [5.41, 5.74) is 2.12. The Labute approximate surface area is 140 Å². The Morgan fingerprint density at radius 2 is 2.05 bits per heavy atom. The average Bonchev–Trinajstić information content (AvgIpc) is 3.07. The summed E-state index contributed by atoms with van der Waals surface area (Å²) in [7, 11) is 0. The second-order valence-electron chi connectivity index (χ2n) is 6.53. The van der Waals surface area contributed by atoms with Crippen LogP contribution in [0, 0.1) is 15.4 Å². The first kappa shape index (κ1) is 15.1. The Morgan fingerprint density at radius 3 is 2.71 bits per heavy atom. The monoisotopic (exact) mass is 395 g/mol. The van der Waals surface area contributed by atoms with E-state index in [-0.39, 0.29) is 11.7 Å². The second kappa shape index (κ2) is 6.11. The van der Waals surface area contributed by atoms with Crippen LogP contribution in [0.3, 0.4) is 0 Å². The molecule has 112 valence electrons. The Balaban J connectivity index is 2.05. The highest BCUT2D eigenvalue weighted by Gasteiger charge is 2.21. The maximum Gasteiger partial charge on any atom is 0.167 e. The predicted octanol–water partition coefficient (Wildman–Crippen LogP) is 5.27. The summed E-state index contributed by atoms with van der Waals surface area (Å²) in [6.45, 7) is 5.02. The number of aromatic nitrogens is 1. The zero-order valence-corrected chi connectivity index (χ0v) is 14.9. The zero-order chi connectivity index (χ0) is 15.0. The third-order valence-electron chi connectivity index (χ3n) is 4.56. The van der Waals surface area contributed by atoms with E-state index in [1.54, 1.807) is 0 Å². The van der Waals surface area contributed by atoms with Crippen molar-refractivity contribution in [3.05, 3.63) is 33.5 Å². The highest BCUT2D eigenvalue weighted by molar-refractivity contribution is 14.1. The summed E-state index contributed by atoms with van der Waals surface area (Å²) in [6, 6.07) is 6.42. The smallest absolute Gasteiger partial charge is 0.167 e. The zero-order valence-electron chi connectivity index (χ0n) is 12.7. The number of hydrogen-bond donors (Lipinski definition) is 0. The van der Waals surface area contributed by atoms with Crippen molar-refractivity contribution in [2.45, 2.75) is 46.1 Å². The summed E-state index contributed by atoms with van der Waals surface area (Å²) in [4.78, 5) is 12.5. The van der Waals surface area contributed by atoms with Gasteiger partial charge in [-0.2, -0.15) is 0 Å². The van der Waals surface area contributed by atoms with Crippen molar-refractivity contribution in [3.63, 3.8) is 0 Å². The molecule has 1 saturated carbocycles. The van der Waals surface area contributed by atoms with Crippen molar-refractivity contribution in [2.24, 2.45) is 11.8 Å². The lowest BCUT2D eigenvalue weighted by Gasteiger charge is -2.11. The molecule has 1 heterocycles. The largest absolute Gasteiger partial charge is 0.346 e. The van der Waals surface area contributed by atoms with Gasteiger partial charge < -0.3 is 4.57 Å². The molecule has 0 saturated heterocycles. The molecule has 0 radical (unpaired) electrons. The number of hydrogen-bond acceptors (Lipinski definition) is 1. The molecule has 2 aromatic rings. The van der Waals surface area contributed by atoms with Crippen LogP contribution in [0.4, 0.5) is 0 Å². The van der Waals surface area contributed by atoms with Crippen molar-refractivity contribution in [1.29, 1.82) is 0 Å². The average molecular weight is 395 g/mol. The van der Waals surface area contributed by atoms with Gasteiger partial charge in [-0.25, -0.2) is 0 Å². The number of carbonyl (C=O) groups is 1. The van der Waals surface area contributed by atoms with Gasteiger partial charge in [0.05, 0.1) is 0 Å². The fourth-order valence-corrected chi connectivity index (χ4v) is 3.87. The molecule has 21 heavy (non-hydrogen) atoms. The predicted molar refractivity (Wildman–Crippen MR) is 95.8 cm³/mol. The molecule has 1 aromatic heterocycles. The second-order valence-corrected chi connectivity index (χ2v) is 7.77. The first-order chi connectivity index (χ1) is 10.1. The molecule has 0 aliphatic heterocycles. The Bertz CT molecular complexity index is 665. The lowest BCUT2D eigenvalue weighted by molar-refractivity contribution is 0.0941. The minimum absolute atomic E-state index is 0.0507. The van der Waals surface area contributed by atoms with Gasteiger partial charge in [-0.3, -0.25) is 4.79 Å². The summed E-state index contributed by atoms with van der Waals surface area (Å²) >= 11 is 2.35. The van der Waals surface area contributed by atoms with E-state index in [9.17, 15) is 4.79 Å². The lowest BCUT2D eigenvalue weighted by atomic mass is 10.0. The molecule has 1 aliphatic carbocycles. The van der Waals surface area contributed by atoms with Crippen molar-refractivity contribution in [1.82, 2.24) is 4.57 Å². The van der Waals surface area contributed by atoms with Crippen LogP contribution in [-0.4, -0.2) is 10.4 Å². The number of Topliss-reactive ketones (excluding diaryl/α,β-unsaturated/α-hetero) is 1. The van der Waals surface area contributed by atoms with E-state index >= 15 is 0 Å². The molecule has 0 amide bonds. The van der Waals surface area contributed by atoms with Gasteiger partial charge in [0.15, 0.2) is 5.78 Å². The molecule has 0 bridgehead atoms. The first-order valence-corrected chi connectivity index (χ1v) is 8.96. The molecule has 1 aromatic carbocycles. The summed E-state index contributed by atoms with van der Waals surface area (Å²) in [6.07, 6.45) is 7.48. The number of ketones is 1. The minimum atomic E-state index is 0.0507. The topological polar surface area (TPSA) is 22.0 Å². The highest BCUT2D eigenvalue weighted by Crippen LogP contribution is 2.30. The molecule has 3 rings (SSSR count). The van der Waals surface area contributed by atoms with Crippen LogP contribution in [0.5, 0.6) is 0 Å². The van der Waals surface area contributed by atoms with Crippen LogP contribution in [0.15, 0.2) is 24.4 Å². The van der Waals surface area contributed by atoms with Gasteiger partial charge in [0.2, 0.25) is 0 Å². The molecular weight excluding hydrogens is 373 g/mol. The van der Waals surface area contributed by atoms with Crippen molar-refractivity contribution in [3.8, 4) is 0 Å². The van der Waals surface area contributed by atoms with E-state index in [0.717, 1.165) is 23.4 Å². The highest BCUT2D eigenvalue weighted by atomic mass is 127. The van der Waals surface area contributed by atoms with Crippen LogP contribution < -0.4 is 0 Å². The molecule has 0 spiro atoms.